The van der Waals surface area contributed by atoms with Crippen LogP contribution in [0.5, 0.6) is 0 Å². The van der Waals surface area contributed by atoms with Gasteiger partial charge in [0.15, 0.2) is 17.7 Å². The van der Waals surface area contributed by atoms with Crippen molar-refractivity contribution in [3.63, 3.8) is 0 Å². The third-order valence-corrected chi connectivity index (χ3v) is 12.8. The lowest BCUT2D eigenvalue weighted by atomic mass is 9.75. The second kappa shape index (κ2) is 20.4. The number of nitrogens with one attached hydrogen (secondary N) is 1. The molecule has 13 atom stereocenters. The van der Waals surface area contributed by atoms with Crippen LogP contribution in [0.2, 0.25) is 0 Å². The van der Waals surface area contributed by atoms with E-state index in [-0.39, 0.29) is 24.1 Å². The summed E-state index contributed by atoms with van der Waals surface area (Å²) in [4.78, 5) is 50.6. The molecule has 1 amide bonds. The zero-order valence-electron chi connectivity index (χ0n) is 37.3. The lowest BCUT2D eigenvalue weighted by Gasteiger charge is -2.47. The highest BCUT2D eigenvalue weighted by Crippen LogP contribution is 2.41. The van der Waals surface area contributed by atoms with E-state index in [0.29, 0.717) is 63.9 Å². The number of likely N-dealkylation sites (N-methyl/N-ethyl adjacent to an activating group) is 1. The summed E-state index contributed by atoms with van der Waals surface area (Å²) in [6, 6.07) is 4.55. The molecule has 60 heavy (non-hydrogen) atoms. The summed E-state index contributed by atoms with van der Waals surface area (Å²) in [6.45, 7) is 18.5. The summed E-state index contributed by atoms with van der Waals surface area (Å²) >= 11 is 0. The number of methoxy groups -OCH3 is 1. The van der Waals surface area contributed by atoms with Crippen molar-refractivity contribution in [2.24, 2.45) is 17.8 Å². The molecular formula is C44H69N7O9. The van der Waals surface area contributed by atoms with Gasteiger partial charge in [0.1, 0.15) is 23.8 Å². The first-order valence-corrected chi connectivity index (χ1v) is 21.6. The van der Waals surface area contributed by atoms with Crippen LogP contribution in [0.25, 0.3) is 11.4 Å². The van der Waals surface area contributed by atoms with Crippen LogP contribution >= 0.6 is 0 Å². The first-order chi connectivity index (χ1) is 28.5. The number of cyclic esters (lactones) is 1. The summed E-state index contributed by atoms with van der Waals surface area (Å²) in [5, 5.41) is 23.8. The molecule has 3 aliphatic rings. The second-order valence-electron chi connectivity index (χ2n) is 17.6. The molecular weight excluding hydrogens is 771 g/mol. The van der Waals surface area contributed by atoms with Crippen LogP contribution in [0.1, 0.15) is 87.0 Å². The maximum atomic E-state index is 14.5. The first kappa shape index (κ1) is 47.3. The number of nitrogens with zero attached hydrogens (tertiary/aromatic N) is 6. The van der Waals surface area contributed by atoms with Gasteiger partial charge in [0.2, 0.25) is 0 Å². The molecule has 16 heteroatoms. The lowest BCUT2D eigenvalue weighted by Crippen LogP contribution is -2.61. The number of unbranched alkanes of at least 4 members (excludes halogenated alkanes) is 1. The summed E-state index contributed by atoms with van der Waals surface area (Å²) in [7, 11) is 5.39. The van der Waals surface area contributed by atoms with Crippen LogP contribution in [0.3, 0.4) is 0 Å². The van der Waals surface area contributed by atoms with E-state index in [1.54, 1.807) is 35.9 Å². The fourth-order valence-corrected chi connectivity index (χ4v) is 9.59. The molecule has 16 nitrogen and oxygen atoms in total. The highest BCUT2D eigenvalue weighted by Gasteiger charge is 2.59. The van der Waals surface area contributed by atoms with Gasteiger partial charge in [-0.25, -0.2) is 4.79 Å². The molecule has 3 unspecified atom stereocenters. The number of ether oxygens (including phenoxy) is 5. The van der Waals surface area contributed by atoms with Crippen LogP contribution < -0.4 is 5.32 Å². The van der Waals surface area contributed by atoms with E-state index in [9.17, 15) is 19.5 Å². The van der Waals surface area contributed by atoms with Crippen LogP contribution in [0.15, 0.2) is 43.2 Å². The van der Waals surface area contributed by atoms with Crippen molar-refractivity contribution >= 4 is 17.8 Å². The molecule has 334 valence electrons. The molecule has 5 heterocycles. The van der Waals surface area contributed by atoms with E-state index in [1.165, 1.54) is 6.92 Å². The SMILES string of the molecule is C=CC[C@@]1(OC)C[C@@H](C)CN[C@H](C)[C@H]2N(CCCCn3cc(-c4ccccn4)nn3)C(=O)O[C@]2(C)[C@@H](CC)OC(=O)[C@H](C)C(=O)[C@H](C)[C@H]1O[C@@H]1OC(C)CC(N(C)C)C1O. The highest BCUT2D eigenvalue weighted by molar-refractivity contribution is 6.00. The summed E-state index contributed by atoms with van der Waals surface area (Å²) in [5.74, 6) is -3.29. The number of fused-ring (bicyclic) bond motifs is 1. The summed E-state index contributed by atoms with van der Waals surface area (Å²) in [5.41, 5.74) is -0.923. The molecule has 0 aliphatic carbocycles. The Morgan fingerprint density at radius 1 is 1.10 bits per heavy atom. The van der Waals surface area contributed by atoms with Crippen LogP contribution in [0.4, 0.5) is 4.79 Å². The summed E-state index contributed by atoms with van der Waals surface area (Å²) < 4.78 is 33.6. The predicted octanol–water partition coefficient (Wildman–Crippen LogP) is 4.65. The number of ketones is 1. The third kappa shape index (κ3) is 10.3. The molecule has 3 aliphatic heterocycles. The van der Waals surface area contributed by atoms with Gasteiger partial charge < -0.3 is 39.0 Å². The maximum Gasteiger partial charge on any atom is 0.410 e. The average Bonchev–Trinajstić information content (AvgIpc) is 3.80. The average molecular weight is 840 g/mol. The Hall–Kier alpha value is -3.80. The van der Waals surface area contributed by atoms with E-state index < -0.39 is 71.5 Å². The summed E-state index contributed by atoms with van der Waals surface area (Å²) in [6.07, 6.45) is 3.75. The number of carbonyl (C=O) groups is 3. The van der Waals surface area contributed by atoms with Gasteiger partial charge in [0.25, 0.3) is 0 Å². The van der Waals surface area contributed by atoms with E-state index in [1.807, 2.05) is 71.1 Å². The smallest absolute Gasteiger partial charge is 0.410 e. The number of amides is 1. The number of hydrogen-bond acceptors (Lipinski definition) is 14. The van der Waals surface area contributed by atoms with Gasteiger partial charge in [-0.15, -0.1) is 11.7 Å². The van der Waals surface area contributed by atoms with Crippen LogP contribution in [-0.4, -0.2) is 147 Å². The van der Waals surface area contributed by atoms with E-state index in [0.717, 1.165) is 5.69 Å². The Bertz CT molecular complexity index is 1750. The number of rotatable bonds is 13. The van der Waals surface area contributed by atoms with Crippen molar-refractivity contribution in [1.82, 2.24) is 35.1 Å². The van der Waals surface area contributed by atoms with Gasteiger partial charge >= 0.3 is 12.1 Å². The normalized spacial score (nSPS) is 36.0. The number of aliphatic hydroxyl groups excluding tert-OH is 1. The Morgan fingerprint density at radius 2 is 1.83 bits per heavy atom. The minimum absolute atomic E-state index is 0.0508. The standard InChI is InChI=1S/C44H69N7O9/c1-12-19-44(56-11)24-27(3)25-46-31(7)38-43(8,60-42(55)51(38)22-17-16-21-50-26-33(47-48-50)32-18-14-15-20-45-32)35(13-2)58-40(54)30(6)36(52)29(5)39(44)59-41-37(53)34(49(9)10)23-28(4)57-41/h12,14-15,18,20,26-31,34-35,37-39,41,46,53H,1,13,16-17,19,21-25H2,2-11H3/t27-,28?,29+,30-,31-,34?,35-,37?,38-,39-,41+,43-,44-/m1/s1. The van der Waals surface area contributed by atoms with Crippen molar-refractivity contribution in [1.29, 1.82) is 0 Å². The van der Waals surface area contributed by atoms with Crippen molar-refractivity contribution in [2.75, 3.05) is 34.3 Å². The first-order valence-electron chi connectivity index (χ1n) is 21.6. The van der Waals surface area contributed by atoms with Crippen LogP contribution in [-0.2, 0) is 39.8 Å². The molecule has 2 aromatic heterocycles. The van der Waals surface area contributed by atoms with Gasteiger partial charge in [-0.2, -0.15) is 0 Å². The molecule has 2 aromatic rings. The number of Topliss-reactive ketones (excluding diaryl/α,β-unsaturated/α-hetero) is 1. The van der Waals surface area contributed by atoms with Gasteiger partial charge in [-0.05, 0) is 105 Å². The number of esters is 1. The topological polar surface area (TPSA) is 180 Å². The number of carbonyl (C=O) groups excluding carboxylic acids is 3. The minimum atomic E-state index is -1.24. The number of aliphatic hydroxyl groups is 1. The highest BCUT2D eigenvalue weighted by atomic mass is 16.7. The van der Waals surface area contributed by atoms with Gasteiger partial charge in [0.05, 0.1) is 35.7 Å². The van der Waals surface area contributed by atoms with Crippen molar-refractivity contribution in [3.8, 4) is 11.4 Å². The molecule has 3 saturated heterocycles. The monoisotopic (exact) mass is 840 g/mol. The lowest BCUT2D eigenvalue weighted by molar-refractivity contribution is -0.297. The number of pyridine rings is 1. The predicted molar refractivity (Wildman–Crippen MR) is 224 cm³/mol. The number of aryl methyl sites for hydroxylation is 1. The fraction of sp³-hybridized carbons (Fsp3) is 0.727. The molecule has 0 saturated carbocycles. The maximum absolute atomic E-state index is 14.5. The molecule has 5 rings (SSSR count). The Morgan fingerprint density at radius 3 is 2.48 bits per heavy atom. The molecule has 0 bridgehead atoms. The van der Waals surface area contributed by atoms with Crippen LogP contribution in [0, 0.1) is 17.8 Å². The van der Waals surface area contributed by atoms with Gasteiger partial charge in [-0.1, -0.05) is 38.1 Å². The van der Waals surface area contributed by atoms with E-state index >= 15 is 0 Å². The van der Waals surface area contributed by atoms with Crippen molar-refractivity contribution in [3.05, 3.63) is 43.2 Å². The zero-order valence-corrected chi connectivity index (χ0v) is 37.3. The molecule has 2 N–H and O–H groups in total. The third-order valence-electron chi connectivity index (χ3n) is 12.8. The van der Waals surface area contributed by atoms with Crippen molar-refractivity contribution in [2.45, 2.75) is 154 Å². The minimum Gasteiger partial charge on any atom is -0.458 e. The molecule has 3 fully saturated rings. The fourth-order valence-electron chi connectivity index (χ4n) is 9.59. The van der Waals surface area contributed by atoms with Crippen molar-refractivity contribution < 1.29 is 43.2 Å². The Labute approximate surface area is 355 Å². The zero-order chi connectivity index (χ0) is 43.9. The van der Waals surface area contributed by atoms with Gasteiger partial charge in [0, 0.05) is 44.4 Å². The molecule has 0 spiro atoms. The quantitative estimate of drug-likeness (QED) is 0.123. The van der Waals surface area contributed by atoms with E-state index in [4.69, 9.17) is 23.7 Å². The number of hydrogen-bond donors (Lipinski definition) is 2. The number of aromatic nitrogens is 4. The Kier molecular flexibility index (Phi) is 16.1. The largest absolute Gasteiger partial charge is 0.458 e. The van der Waals surface area contributed by atoms with E-state index in [2.05, 4.69) is 34.1 Å². The van der Waals surface area contributed by atoms with Gasteiger partial charge in [-0.3, -0.25) is 24.2 Å². The molecule has 0 radical (unpaired) electrons. The second-order valence-corrected chi connectivity index (χ2v) is 17.6. The Balaban J connectivity index is 1.42. The molecule has 0 aromatic carbocycles.